The highest BCUT2D eigenvalue weighted by molar-refractivity contribution is 7.89. The zero-order chi connectivity index (χ0) is 17.7. The molecule has 1 fully saturated rings. The van der Waals surface area contributed by atoms with Gasteiger partial charge < -0.3 is 5.32 Å². The van der Waals surface area contributed by atoms with Gasteiger partial charge in [0.2, 0.25) is 15.9 Å². The van der Waals surface area contributed by atoms with Crippen molar-refractivity contribution < 1.29 is 13.2 Å². The van der Waals surface area contributed by atoms with Crippen molar-refractivity contribution in [3.63, 3.8) is 0 Å². The van der Waals surface area contributed by atoms with Crippen molar-refractivity contribution in [2.24, 2.45) is 5.92 Å². The molecule has 0 spiro atoms. The van der Waals surface area contributed by atoms with Crippen LogP contribution in [0.2, 0.25) is 5.02 Å². The summed E-state index contributed by atoms with van der Waals surface area (Å²) in [7, 11) is -3.59. The van der Waals surface area contributed by atoms with Gasteiger partial charge in [-0.15, -0.1) is 0 Å². The summed E-state index contributed by atoms with van der Waals surface area (Å²) in [5.41, 5.74) is 0. The molecule has 7 heteroatoms. The van der Waals surface area contributed by atoms with E-state index in [0.717, 1.165) is 19.3 Å². The van der Waals surface area contributed by atoms with Gasteiger partial charge in [0.25, 0.3) is 0 Å². The number of nitrogens with zero attached hydrogens (tertiary/aromatic N) is 1. The Morgan fingerprint density at radius 1 is 1.29 bits per heavy atom. The van der Waals surface area contributed by atoms with Gasteiger partial charge in [-0.2, -0.15) is 4.31 Å². The summed E-state index contributed by atoms with van der Waals surface area (Å²) in [6.45, 7) is 4.75. The molecule has 0 unspecified atom stereocenters. The van der Waals surface area contributed by atoms with Crippen LogP contribution in [0, 0.1) is 5.92 Å². The quantitative estimate of drug-likeness (QED) is 0.834. The van der Waals surface area contributed by atoms with Gasteiger partial charge in [-0.05, 0) is 49.9 Å². The average molecular weight is 373 g/mol. The molecule has 134 valence electrons. The maximum absolute atomic E-state index is 12.8. The zero-order valence-electron chi connectivity index (χ0n) is 14.2. The predicted molar refractivity (Wildman–Crippen MR) is 95.4 cm³/mol. The molecule has 1 aliphatic heterocycles. The van der Waals surface area contributed by atoms with E-state index >= 15 is 0 Å². The lowest BCUT2D eigenvalue weighted by Gasteiger charge is -2.32. The molecular formula is C17H25ClN2O3S. The summed E-state index contributed by atoms with van der Waals surface area (Å²) in [6.07, 6.45) is 3.16. The molecule has 1 aromatic rings. The number of carbonyl (C=O) groups excluding carboxylic acids is 1. The number of piperidine rings is 1. The van der Waals surface area contributed by atoms with E-state index in [1.54, 1.807) is 12.1 Å². The smallest absolute Gasteiger partial charge is 0.243 e. The van der Waals surface area contributed by atoms with Crippen LogP contribution in [0.1, 0.15) is 39.5 Å². The summed E-state index contributed by atoms with van der Waals surface area (Å²) in [5, 5.41) is 3.52. The molecule has 0 aliphatic carbocycles. The average Bonchev–Trinajstić information content (AvgIpc) is 2.60. The first kappa shape index (κ1) is 19.2. The molecule has 1 saturated heterocycles. The van der Waals surface area contributed by atoms with E-state index in [1.807, 2.05) is 13.8 Å². The first-order valence-corrected chi connectivity index (χ1v) is 10.3. The highest BCUT2D eigenvalue weighted by Crippen LogP contribution is 2.25. The molecule has 1 atom stereocenters. The Hall–Kier alpha value is -1.11. The third kappa shape index (κ3) is 4.49. The molecule has 1 aliphatic rings. The molecule has 1 aromatic carbocycles. The summed E-state index contributed by atoms with van der Waals surface area (Å²) < 4.78 is 26.9. The number of sulfonamides is 1. The highest BCUT2D eigenvalue weighted by atomic mass is 35.5. The Morgan fingerprint density at radius 3 is 2.50 bits per heavy atom. The maximum atomic E-state index is 12.8. The normalized spacial score (nSPS) is 19.4. The van der Waals surface area contributed by atoms with Gasteiger partial charge in [0, 0.05) is 24.2 Å². The largest absolute Gasteiger partial charge is 0.353 e. The van der Waals surface area contributed by atoms with E-state index in [4.69, 9.17) is 11.6 Å². The summed E-state index contributed by atoms with van der Waals surface area (Å²) in [6, 6.07) is 6.29. The molecule has 1 heterocycles. The Kier molecular flexibility index (Phi) is 6.66. The lowest BCUT2D eigenvalue weighted by atomic mass is 9.98. The molecular weight excluding hydrogens is 348 g/mol. The predicted octanol–water partition coefficient (Wildman–Crippen LogP) is 3.05. The molecule has 24 heavy (non-hydrogen) atoms. The molecule has 2 rings (SSSR count). The van der Waals surface area contributed by atoms with Crippen molar-refractivity contribution in [1.29, 1.82) is 0 Å². The fraction of sp³-hybridized carbons (Fsp3) is 0.588. The first-order valence-electron chi connectivity index (χ1n) is 8.44. The zero-order valence-corrected chi connectivity index (χ0v) is 15.7. The molecule has 0 bridgehead atoms. The van der Waals surface area contributed by atoms with E-state index in [2.05, 4.69) is 5.32 Å². The minimum absolute atomic E-state index is 0.0419. The molecule has 1 amide bonds. The SMILES string of the molecule is CCC(CC)NC(=O)[C@H]1CCCN(S(=O)(=O)c2ccc(Cl)cc2)C1. The van der Waals surface area contributed by atoms with E-state index in [0.29, 0.717) is 18.0 Å². The lowest BCUT2D eigenvalue weighted by molar-refractivity contribution is -0.126. The maximum Gasteiger partial charge on any atom is 0.243 e. The van der Waals surface area contributed by atoms with Crippen LogP contribution in [0.25, 0.3) is 0 Å². The number of hydrogen-bond acceptors (Lipinski definition) is 3. The summed E-state index contributed by atoms with van der Waals surface area (Å²) in [4.78, 5) is 12.6. The van der Waals surface area contributed by atoms with E-state index in [-0.39, 0.29) is 29.3 Å². The van der Waals surface area contributed by atoms with Crippen LogP contribution < -0.4 is 5.32 Å². The van der Waals surface area contributed by atoms with E-state index < -0.39 is 10.0 Å². The Labute approximate surface area is 149 Å². The lowest BCUT2D eigenvalue weighted by Crippen LogP contribution is -2.47. The number of benzene rings is 1. The number of carbonyl (C=O) groups is 1. The van der Waals surface area contributed by atoms with Gasteiger partial charge in [0.15, 0.2) is 0 Å². The van der Waals surface area contributed by atoms with E-state index in [1.165, 1.54) is 16.4 Å². The summed E-state index contributed by atoms with van der Waals surface area (Å²) >= 11 is 5.83. The van der Waals surface area contributed by atoms with Gasteiger partial charge >= 0.3 is 0 Å². The standard InChI is InChI=1S/C17H25ClN2O3S/c1-3-15(4-2)19-17(21)13-6-5-11-20(12-13)24(22,23)16-9-7-14(18)8-10-16/h7-10,13,15H,3-6,11-12H2,1-2H3,(H,19,21)/t13-/m0/s1. The molecule has 1 N–H and O–H groups in total. The van der Waals surface area contributed by atoms with Crippen LogP contribution in [0.4, 0.5) is 0 Å². The second-order valence-corrected chi connectivity index (χ2v) is 8.55. The minimum atomic E-state index is -3.59. The third-order valence-electron chi connectivity index (χ3n) is 4.54. The minimum Gasteiger partial charge on any atom is -0.353 e. The van der Waals surface area contributed by atoms with Gasteiger partial charge in [-0.1, -0.05) is 25.4 Å². The number of nitrogens with one attached hydrogen (secondary N) is 1. The van der Waals surface area contributed by atoms with Crippen molar-refractivity contribution in [3.05, 3.63) is 29.3 Å². The van der Waals surface area contributed by atoms with Gasteiger partial charge in [-0.25, -0.2) is 8.42 Å². The fourth-order valence-electron chi connectivity index (χ4n) is 2.94. The van der Waals surface area contributed by atoms with Crippen LogP contribution in [-0.2, 0) is 14.8 Å². The number of amides is 1. The Morgan fingerprint density at radius 2 is 1.92 bits per heavy atom. The Bertz CT molecular complexity index is 657. The number of hydrogen-bond donors (Lipinski definition) is 1. The second kappa shape index (κ2) is 8.32. The molecule has 5 nitrogen and oxygen atoms in total. The molecule has 0 saturated carbocycles. The van der Waals surface area contributed by atoms with Crippen molar-refractivity contribution >= 4 is 27.5 Å². The van der Waals surface area contributed by atoms with Crippen molar-refractivity contribution in [2.75, 3.05) is 13.1 Å². The second-order valence-electron chi connectivity index (χ2n) is 6.18. The number of rotatable bonds is 6. The van der Waals surface area contributed by atoms with Crippen LogP contribution in [-0.4, -0.2) is 37.8 Å². The highest BCUT2D eigenvalue weighted by Gasteiger charge is 2.33. The fourth-order valence-corrected chi connectivity index (χ4v) is 4.59. The topological polar surface area (TPSA) is 66.5 Å². The third-order valence-corrected chi connectivity index (χ3v) is 6.67. The number of halogens is 1. The van der Waals surface area contributed by atoms with Crippen molar-refractivity contribution in [1.82, 2.24) is 9.62 Å². The monoisotopic (exact) mass is 372 g/mol. The van der Waals surface area contributed by atoms with Crippen LogP contribution in [0.5, 0.6) is 0 Å². The first-order chi connectivity index (χ1) is 11.4. The van der Waals surface area contributed by atoms with Crippen molar-refractivity contribution in [2.45, 2.75) is 50.5 Å². The van der Waals surface area contributed by atoms with Gasteiger partial charge in [0.1, 0.15) is 0 Å². The van der Waals surface area contributed by atoms with E-state index in [9.17, 15) is 13.2 Å². The molecule has 0 aromatic heterocycles. The molecule has 0 radical (unpaired) electrons. The Balaban J connectivity index is 2.09. The van der Waals surface area contributed by atoms with Crippen LogP contribution in [0.15, 0.2) is 29.2 Å². The van der Waals surface area contributed by atoms with Crippen LogP contribution in [0.3, 0.4) is 0 Å². The summed E-state index contributed by atoms with van der Waals surface area (Å²) in [5.74, 6) is -0.332. The van der Waals surface area contributed by atoms with Gasteiger partial charge in [0.05, 0.1) is 10.8 Å². The van der Waals surface area contributed by atoms with Gasteiger partial charge in [-0.3, -0.25) is 4.79 Å². The van der Waals surface area contributed by atoms with Crippen LogP contribution >= 0.6 is 11.6 Å². The van der Waals surface area contributed by atoms with Crippen molar-refractivity contribution in [3.8, 4) is 0 Å².